The van der Waals surface area contributed by atoms with Crippen LogP contribution in [0.15, 0.2) is 11.0 Å². The molecule has 0 aromatic carbocycles. The highest BCUT2D eigenvalue weighted by molar-refractivity contribution is 6.32. The Labute approximate surface area is 112 Å². The molecule has 0 aliphatic rings. The van der Waals surface area contributed by atoms with Gasteiger partial charge in [0.2, 0.25) is 0 Å². The maximum absolute atomic E-state index is 11.9. The number of hydrogen-bond acceptors (Lipinski definition) is 4. The molecule has 1 N–H and O–H groups in total. The van der Waals surface area contributed by atoms with E-state index in [1.54, 1.807) is 13.3 Å². The van der Waals surface area contributed by atoms with Crippen LogP contribution in [0.2, 0.25) is 5.02 Å². The molecule has 0 saturated heterocycles. The van der Waals surface area contributed by atoms with Crippen LogP contribution in [0.5, 0.6) is 0 Å². The topological polar surface area (TPSA) is 56.1 Å². The summed E-state index contributed by atoms with van der Waals surface area (Å²) < 4.78 is 6.64. The zero-order valence-corrected chi connectivity index (χ0v) is 12.2. The standard InChI is InChI=1S/C12H20ClN3O2/c1-8(2)16-11(17)10(13)9(6-15-16)14-7-12(3,4)18-5/h6,8,14H,7H2,1-5H3. The summed E-state index contributed by atoms with van der Waals surface area (Å²) in [6, 6.07) is -0.0144. The first-order valence-corrected chi connectivity index (χ1v) is 6.22. The second kappa shape index (κ2) is 5.71. The average Bonchev–Trinajstić information content (AvgIpc) is 2.30. The molecule has 0 saturated carbocycles. The van der Waals surface area contributed by atoms with Crippen LogP contribution < -0.4 is 10.9 Å². The summed E-state index contributed by atoms with van der Waals surface area (Å²) in [5.74, 6) is 0. The number of ether oxygens (including phenoxy) is 1. The van der Waals surface area contributed by atoms with Crippen molar-refractivity contribution in [1.29, 1.82) is 0 Å². The van der Waals surface area contributed by atoms with Gasteiger partial charge in [-0.1, -0.05) is 11.6 Å². The Morgan fingerprint density at radius 2 is 2.17 bits per heavy atom. The van der Waals surface area contributed by atoms with Gasteiger partial charge in [-0.3, -0.25) is 4.79 Å². The highest BCUT2D eigenvalue weighted by Gasteiger charge is 2.18. The Balaban J connectivity index is 2.93. The number of anilines is 1. The van der Waals surface area contributed by atoms with Crippen LogP contribution in [0.3, 0.4) is 0 Å². The summed E-state index contributed by atoms with van der Waals surface area (Å²) in [6.07, 6.45) is 1.56. The Morgan fingerprint density at radius 3 is 2.67 bits per heavy atom. The van der Waals surface area contributed by atoms with Crippen LogP contribution in [-0.2, 0) is 4.74 Å². The van der Waals surface area contributed by atoms with Crippen molar-refractivity contribution in [3.05, 3.63) is 21.6 Å². The zero-order chi connectivity index (χ0) is 13.9. The lowest BCUT2D eigenvalue weighted by Crippen LogP contribution is -2.33. The number of nitrogens with zero attached hydrogens (tertiary/aromatic N) is 2. The Morgan fingerprint density at radius 1 is 1.56 bits per heavy atom. The quantitative estimate of drug-likeness (QED) is 0.894. The fourth-order valence-electron chi connectivity index (χ4n) is 1.32. The molecule has 0 atom stereocenters. The number of methoxy groups -OCH3 is 1. The molecule has 1 rings (SSSR count). The largest absolute Gasteiger partial charge is 0.379 e. The van der Waals surface area contributed by atoms with E-state index in [0.717, 1.165) is 0 Å². The third-order valence-corrected chi connectivity index (χ3v) is 3.06. The van der Waals surface area contributed by atoms with Gasteiger partial charge < -0.3 is 10.1 Å². The molecular weight excluding hydrogens is 254 g/mol. The van der Waals surface area contributed by atoms with Crippen LogP contribution in [-0.4, -0.2) is 29.0 Å². The van der Waals surface area contributed by atoms with E-state index in [0.29, 0.717) is 12.2 Å². The third-order valence-electron chi connectivity index (χ3n) is 2.69. The molecule has 0 unspecified atom stereocenters. The number of aromatic nitrogens is 2. The second-order valence-electron chi connectivity index (χ2n) is 5.03. The highest BCUT2D eigenvalue weighted by atomic mass is 35.5. The minimum atomic E-state index is -0.337. The van der Waals surface area contributed by atoms with Gasteiger partial charge in [-0.05, 0) is 27.7 Å². The summed E-state index contributed by atoms with van der Waals surface area (Å²) in [6.45, 7) is 8.18. The van der Waals surface area contributed by atoms with Crippen molar-refractivity contribution in [2.24, 2.45) is 0 Å². The minimum absolute atomic E-state index is 0.0144. The van der Waals surface area contributed by atoms with Crippen molar-refractivity contribution >= 4 is 17.3 Å². The molecule has 102 valence electrons. The smallest absolute Gasteiger partial charge is 0.287 e. The van der Waals surface area contributed by atoms with E-state index in [4.69, 9.17) is 16.3 Å². The predicted molar refractivity (Wildman–Crippen MR) is 73.5 cm³/mol. The van der Waals surface area contributed by atoms with E-state index in [-0.39, 0.29) is 22.2 Å². The molecule has 0 amide bonds. The first-order valence-electron chi connectivity index (χ1n) is 5.85. The van der Waals surface area contributed by atoms with Gasteiger partial charge in [-0.25, -0.2) is 4.68 Å². The maximum Gasteiger partial charge on any atom is 0.287 e. The molecule has 18 heavy (non-hydrogen) atoms. The van der Waals surface area contributed by atoms with Gasteiger partial charge in [-0.2, -0.15) is 5.10 Å². The molecule has 6 heteroatoms. The molecule has 1 aromatic heterocycles. The summed E-state index contributed by atoms with van der Waals surface area (Å²) in [4.78, 5) is 11.9. The van der Waals surface area contributed by atoms with E-state index in [1.165, 1.54) is 4.68 Å². The van der Waals surface area contributed by atoms with Gasteiger partial charge in [0, 0.05) is 13.7 Å². The lowest BCUT2D eigenvalue weighted by Gasteiger charge is -2.24. The lowest BCUT2D eigenvalue weighted by atomic mass is 10.1. The molecule has 0 aliphatic heterocycles. The molecule has 0 aliphatic carbocycles. The molecule has 1 heterocycles. The maximum atomic E-state index is 11.9. The summed E-state index contributed by atoms with van der Waals surface area (Å²) in [5, 5.41) is 7.32. The van der Waals surface area contributed by atoms with E-state index < -0.39 is 0 Å². The first kappa shape index (κ1) is 15.0. The van der Waals surface area contributed by atoms with Gasteiger partial charge in [0.25, 0.3) is 5.56 Å². The number of halogens is 1. The van der Waals surface area contributed by atoms with Gasteiger partial charge in [0.05, 0.1) is 23.5 Å². The highest BCUT2D eigenvalue weighted by Crippen LogP contribution is 2.18. The summed E-state index contributed by atoms with van der Waals surface area (Å²) >= 11 is 6.04. The SMILES string of the molecule is COC(C)(C)CNc1cnn(C(C)C)c(=O)c1Cl. The van der Waals surface area contributed by atoms with Crippen LogP contribution in [0.25, 0.3) is 0 Å². The predicted octanol–water partition coefficient (Wildman–Crippen LogP) is 2.31. The Hall–Kier alpha value is -1.07. The monoisotopic (exact) mass is 273 g/mol. The first-order chi connectivity index (χ1) is 8.28. The third kappa shape index (κ3) is 3.46. The van der Waals surface area contributed by atoms with Crippen LogP contribution in [0.4, 0.5) is 5.69 Å². The molecule has 0 bridgehead atoms. The van der Waals surface area contributed by atoms with E-state index in [9.17, 15) is 4.79 Å². The molecule has 5 nitrogen and oxygen atoms in total. The van der Waals surface area contributed by atoms with Crippen molar-refractivity contribution in [2.75, 3.05) is 19.0 Å². The van der Waals surface area contributed by atoms with Crippen molar-refractivity contribution in [2.45, 2.75) is 39.3 Å². The van der Waals surface area contributed by atoms with Crippen molar-refractivity contribution in [3.8, 4) is 0 Å². The number of hydrogen-bond donors (Lipinski definition) is 1. The minimum Gasteiger partial charge on any atom is -0.379 e. The average molecular weight is 274 g/mol. The van der Waals surface area contributed by atoms with Gasteiger partial charge in [-0.15, -0.1) is 0 Å². The second-order valence-corrected chi connectivity index (χ2v) is 5.41. The van der Waals surface area contributed by atoms with Crippen LogP contribution in [0, 0.1) is 0 Å². The number of rotatable bonds is 5. The molecule has 0 fully saturated rings. The van der Waals surface area contributed by atoms with Crippen LogP contribution >= 0.6 is 11.6 Å². The summed E-state index contributed by atoms with van der Waals surface area (Å²) in [7, 11) is 1.64. The van der Waals surface area contributed by atoms with E-state index in [2.05, 4.69) is 10.4 Å². The molecule has 0 spiro atoms. The van der Waals surface area contributed by atoms with E-state index in [1.807, 2.05) is 27.7 Å². The fourth-order valence-corrected chi connectivity index (χ4v) is 1.52. The molecule has 1 aromatic rings. The van der Waals surface area contributed by atoms with Crippen molar-refractivity contribution in [3.63, 3.8) is 0 Å². The van der Waals surface area contributed by atoms with Crippen molar-refractivity contribution in [1.82, 2.24) is 9.78 Å². The van der Waals surface area contributed by atoms with Gasteiger partial charge >= 0.3 is 0 Å². The zero-order valence-electron chi connectivity index (χ0n) is 11.5. The summed E-state index contributed by atoms with van der Waals surface area (Å²) in [5.41, 5.74) is -0.0912. The van der Waals surface area contributed by atoms with Gasteiger partial charge in [0.15, 0.2) is 0 Å². The Kier molecular flexibility index (Phi) is 4.76. The van der Waals surface area contributed by atoms with Crippen molar-refractivity contribution < 1.29 is 4.74 Å². The Bertz CT molecular complexity index is 469. The lowest BCUT2D eigenvalue weighted by molar-refractivity contribution is 0.0344. The van der Waals surface area contributed by atoms with Gasteiger partial charge in [0.1, 0.15) is 5.02 Å². The fraction of sp³-hybridized carbons (Fsp3) is 0.667. The van der Waals surface area contributed by atoms with Crippen LogP contribution in [0.1, 0.15) is 33.7 Å². The normalized spacial score (nSPS) is 11.9. The number of nitrogens with one attached hydrogen (secondary N) is 1. The van der Waals surface area contributed by atoms with E-state index >= 15 is 0 Å². The molecular formula is C12H20ClN3O2. The molecule has 0 radical (unpaired) electrons.